The summed E-state index contributed by atoms with van der Waals surface area (Å²) >= 11 is 1.40. The van der Waals surface area contributed by atoms with Gasteiger partial charge in [-0.1, -0.05) is 12.1 Å². The number of aryl methyl sites for hydroxylation is 1. The van der Waals surface area contributed by atoms with Gasteiger partial charge in [0.25, 0.3) is 11.8 Å². The highest BCUT2D eigenvalue weighted by Gasteiger charge is 2.27. The molecule has 1 saturated heterocycles. The fourth-order valence-electron chi connectivity index (χ4n) is 2.90. The molecule has 2 N–H and O–H groups in total. The van der Waals surface area contributed by atoms with Crippen molar-refractivity contribution < 1.29 is 19.1 Å². The third-order valence-corrected chi connectivity index (χ3v) is 5.55. The average molecular weight is 374 g/mol. The van der Waals surface area contributed by atoms with Gasteiger partial charge in [-0.05, 0) is 44.4 Å². The second kappa shape index (κ2) is 7.88. The van der Waals surface area contributed by atoms with Gasteiger partial charge in [-0.3, -0.25) is 9.59 Å². The lowest BCUT2D eigenvalue weighted by molar-refractivity contribution is -0.124. The molecule has 0 saturated carbocycles. The number of carbonyl (C=O) groups is 2. The number of nitrogens with one attached hydrogen (secondary N) is 2. The van der Waals surface area contributed by atoms with Crippen molar-refractivity contribution in [1.82, 2.24) is 0 Å². The van der Waals surface area contributed by atoms with Gasteiger partial charge in [0.2, 0.25) is 0 Å². The molecule has 2 aromatic rings. The van der Waals surface area contributed by atoms with Crippen LogP contribution in [-0.2, 0) is 9.53 Å². The quantitative estimate of drug-likeness (QED) is 0.836. The molecule has 1 atom stereocenters. The van der Waals surface area contributed by atoms with Crippen LogP contribution in [0.15, 0.2) is 24.3 Å². The first-order valence-electron chi connectivity index (χ1n) is 8.48. The molecule has 1 aliphatic rings. The zero-order chi connectivity index (χ0) is 18.7. The largest absolute Gasteiger partial charge is 0.495 e. The average Bonchev–Trinajstić information content (AvgIpc) is 3.25. The number of methoxy groups -OCH3 is 1. The summed E-state index contributed by atoms with van der Waals surface area (Å²) in [6.45, 7) is 4.41. The Morgan fingerprint density at radius 2 is 2.00 bits per heavy atom. The summed E-state index contributed by atoms with van der Waals surface area (Å²) in [4.78, 5) is 26.3. The summed E-state index contributed by atoms with van der Waals surface area (Å²) in [5.74, 6) is 0.101. The van der Waals surface area contributed by atoms with Gasteiger partial charge in [0.1, 0.15) is 16.9 Å². The van der Waals surface area contributed by atoms with Crippen LogP contribution in [0.25, 0.3) is 0 Å². The lowest BCUT2D eigenvalue weighted by atomic mass is 10.1. The minimum absolute atomic E-state index is 0.199. The summed E-state index contributed by atoms with van der Waals surface area (Å²) in [6.07, 6.45) is 1.14. The van der Waals surface area contributed by atoms with Gasteiger partial charge >= 0.3 is 0 Å². The predicted molar refractivity (Wildman–Crippen MR) is 102 cm³/mol. The highest BCUT2D eigenvalue weighted by Crippen LogP contribution is 2.34. The Hall–Kier alpha value is -2.38. The molecular formula is C19H22N2O4S. The van der Waals surface area contributed by atoms with Crippen molar-refractivity contribution in [2.24, 2.45) is 0 Å². The van der Waals surface area contributed by atoms with Crippen molar-refractivity contribution in [2.75, 3.05) is 24.4 Å². The van der Waals surface area contributed by atoms with Gasteiger partial charge in [0.15, 0.2) is 0 Å². The van der Waals surface area contributed by atoms with Crippen molar-refractivity contribution in [1.29, 1.82) is 0 Å². The van der Waals surface area contributed by atoms with Gasteiger partial charge in [-0.25, -0.2) is 0 Å². The van der Waals surface area contributed by atoms with Crippen molar-refractivity contribution in [3.8, 4) is 5.75 Å². The minimum Gasteiger partial charge on any atom is -0.495 e. The SMILES string of the molecule is COc1ccccc1NC(=O)c1c(NC(=O)[C@@H]2CCCO2)sc(C)c1C. The third kappa shape index (κ3) is 3.73. The van der Waals surface area contributed by atoms with E-state index in [1.165, 1.54) is 11.3 Å². The number of hydrogen-bond acceptors (Lipinski definition) is 5. The van der Waals surface area contributed by atoms with Crippen molar-refractivity contribution in [3.63, 3.8) is 0 Å². The van der Waals surface area contributed by atoms with E-state index in [-0.39, 0.29) is 11.8 Å². The monoisotopic (exact) mass is 374 g/mol. The standard InChI is InChI=1S/C19H22N2O4S/c1-11-12(2)26-19(21-17(22)15-9-6-10-25-15)16(11)18(23)20-13-7-4-5-8-14(13)24-3/h4-5,7-8,15H,6,9-10H2,1-3H3,(H,20,23)(H,21,22)/t15-/m0/s1. The molecule has 0 spiro atoms. The Bertz CT molecular complexity index is 825. The molecule has 0 unspecified atom stereocenters. The molecule has 0 bridgehead atoms. The fourth-order valence-corrected chi connectivity index (χ4v) is 3.96. The number of carbonyl (C=O) groups excluding carboxylic acids is 2. The maximum atomic E-state index is 12.9. The third-order valence-electron chi connectivity index (χ3n) is 4.43. The van der Waals surface area contributed by atoms with Gasteiger partial charge in [-0.15, -0.1) is 11.3 Å². The van der Waals surface area contributed by atoms with E-state index in [9.17, 15) is 9.59 Å². The number of amides is 2. The lowest BCUT2D eigenvalue weighted by Crippen LogP contribution is -2.27. The van der Waals surface area contributed by atoms with Crippen molar-refractivity contribution in [3.05, 3.63) is 40.3 Å². The van der Waals surface area contributed by atoms with E-state index >= 15 is 0 Å². The van der Waals surface area contributed by atoms with Crippen LogP contribution in [0, 0.1) is 13.8 Å². The Labute approximate surface area is 156 Å². The number of para-hydroxylation sites is 2. The van der Waals surface area contributed by atoms with Gasteiger partial charge in [-0.2, -0.15) is 0 Å². The molecule has 0 aliphatic carbocycles. The van der Waals surface area contributed by atoms with E-state index < -0.39 is 6.10 Å². The number of rotatable bonds is 5. The van der Waals surface area contributed by atoms with E-state index in [4.69, 9.17) is 9.47 Å². The highest BCUT2D eigenvalue weighted by molar-refractivity contribution is 7.16. The second-order valence-electron chi connectivity index (χ2n) is 6.13. The number of thiophene rings is 1. The first kappa shape index (κ1) is 18.4. The molecule has 3 rings (SSSR count). The zero-order valence-corrected chi connectivity index (χ0v) is 15.9. The van der Waals surface area contributed by atoms with Crippen molar-refractivity contribution >= 4 is 33.8 Å². The van der Waals surface area contributed by atoms with Crippen LogP contribution >= 0.6 is 11.3 Å². The topological polar surface area (TPSA) is 76.7 Å². The Kier molecular flexibility index (Phi) is 5.58. The normalized spacial score (nSPS) is 16.3. The molecule has 1 fully saturated rings. The second-order valence-corrected chi connectivity index (χ2v) is 7.36. The molecule has 7 heteroatoms. The van der Waals surface area contributed by atoms with E-state index in [1.54, 1.807) is 19.2 Å². The molecular weight excluding hydrogens is 352 g/mol. The Morgan fingerprint density at radius 3 is 2.69 bits per heavy atom. The van der Waals surface area contributed by atoms with Gasteiger partial charge < -0.3 is 20.1 Å². The van der Waals surface area contributed by atoms with Crippen LogP contribution in [0.2, 0.25) is 0 Å². The van der Waals surface area contributed by atoms with Crippen LogP contribution in [0.4, 0.5) is 10.7 Å². The summed E-state index contributed by atoms with van der Waals surface area (Å²) in [6, 6.07) is 7.21. The number of hydrogen-bond donors (Lipinski definition) is 2. The number of benzene rings is 1. The van der Waals surface area contributed by atoms with Gasteiger partial charge in [0.05, 0.1) is 18.4 Å². The molecule has 26 heavy (non-hydrogen) atoms. The fraction of sp³-hybridized carbons (Fsp3) is 0.368. The van der Waals surface area contributed by atoms with Crippen LogP contribution in [-0.4, -0.2) is 31.6 Å². The smallest absolute Gasteiger partial charge is 0.259 e. The Morgan fingerprint density at radius 1 is 1.23 bits per heavy atom. The first-order valence-corrected chi connectivity index (χ1v) is 9.29. The molecule has 2 amide bonds. The molecule has 1 aromatic heterocycles. The lowest BCUT2D eigenvalue weighted by Gasteiger charge is -2.13. The molecule has 6 nitrogen and oxygen atoms in total. The molecule has 1 aliphatic heterocycles. The summed E-state index contributed by atoms with van der Waals surface area (Å²) in [5, 5.41) is 6.30. The van der Waals surface area contributed by atoms with E-state index in [0.29, 0.717) is 35.0 Å². The van der Waals surface area contributed by atoms with E-state index in [0.717, 1.165) is 16.9 Å². The number of anilines is 2. The van der Waals surface area contributed by atoms with Crippen LogP contribution in [0.5, 0.6) is 5.75 Å². The predicted octanol–water partition coefficient (Wildman–Crippen LogP) is 3.74. The molecule has 2 heterocycles. The minimum atomic E-state index is -0.442. The molecule has 1 aromatic carbocycles. The Balaban J connectivity index is 1.84. The zero-order valence-electron chi connectivity index (χ0n) is 15.0. The van der Waals surface area contributed by atoms with Crippen LogP contribution in [0.3, 0.4) is 0 Å². The molecule has 0 radical (unpaired) electrons. The number of ether oxygens (including phenoxy) is 2. The van der Waals surface area contributed by atoms with E-state index in [1.807, 2.05) is 26.0 Å². The summed E-state index contributed by atoms with van der Waals surface area (Å²) in [7, 11) is 1.55. The first-order chi connectivity index (χ1) is 12.5. The summed E-state index contributed by atoms with van der Waals surface area (Å²) in [5.41, 5.74) is 1.91. The maximum Gasteiger partial charge on any atom is 0.259 e. The summed E-state index contributed by atoms with van der Waals surface area (Å²) < 4.78 is 10.7. The molecule has 138 valence electrons. The van der Waals surface area contributed by atoms with E-state index in [2.05, 4.69) is 10.6 Å². The van der Waals surface area contributed by atoms with Crippen LogP contribution in [0.1, 0.15) is 33.6 Å². The van der Waals surface area contributed by atoms with Crippen molar-refractivity contribution in [2.45, 2.75) is 32.8 Å². The van der Waals surface area contributed by atoms with Crippen LogP contribution < -0.4 is 15.4 Å². The highest BCUT2D eigenvalue weighted by atomic mass is 32.1. The van der Waals surface area contributed by atoms with Gasteiger partial charge in [0, 0.05) is 11.5 Å². The maximum absolute atomic E-state index is 12.9.